The van der Waals surface area contributed by atoms with E-state index >= 15 is 0 Å². The summed E-state index contributed by atoms with van der Waals surface area (Å²) in [4.78, 5) is 18.5. The van der Waals surface area contributed by atoms with E-state index < -0.39 is 24.1 Å². The molecule has 0 radical (unpaired) electrons. The van der Waals surface area contributed by atoms with Gasteiger partial charge in [-0.25, -0.2) is 4.79 Å². The highest BCUT2D eigenvalue weighted by Gasteiger charge is 2.36. The normalized spacial score (nSPS) is 28.5. The van der Waals surface area contributed by atoms with E-state index in [0.29, 0.717) is 0 Å². The number of ether oxygens (including phenoxy) is 1. The molecule has 3 N–H and O–H groups in total. The lowest BCUT2D eigenvalue weighted by Gasteiger charge is -2.16. The summed E-state index contributed by atoms with van der Waals surface area (Å²) in [5.41, 5.74) is 4.71. The molecule has 8 heteroatoms. The lowest BCUT2D eigenvalue weighted by Crippen LogP contribution is -2.31. The van der Waals surface area contributed by atoms with Crippen molar-refractivity contribution in [3.63, 3.8) is 0 Å². The molecule has 0 spiro atoms. The molecule has 17 heavy (non-hydrogen) atoms. The van der Waals surface area contributed by atoms with Gasteiger partial charge in [-0.3, -0.25) is 4.57 Å². The first kappa shape index (κ1) is 12.0. The number of aliphatic hydroxyl groups is 1. The van der Waals surface area contributed by atoms with Crippen molar-refractivity contribution in [2.45, 2.75) is 24.9 Å². The van der Waals surface area contributed by atoms with Gasteiger partial charge in [-0.15, -0.1) is 0 Å². The summed E-state index contributed by atoms with van der Waals surface area (Å²) < 4.78 is 18.1. The summed E-state index contributed by atoms with van der Waals surface area (Å²) in [6.07, 6.45) is -0.846. The molecule has 0 aliphatic carbocycles. The van der Waals surface area contributed by atoms with Crippen LogP contribution in [0.25, 0.3) is 0 Å². The zero-order valence-corrected chi connectivity index (χ0v) is 8.82. The third-order valence-electron chi connectivity index (χ3n) is 2.54. The molecule has 0 saturated carbocycles. The first-order chi connectivity index (χ1) is 8.11. The molecular formula is C9H12FN3O4. The van der Waals surface area contributed by atoms with Gasteiger partial charge in [0, 0.05) is 12.6 Å². The Morgan fingerprint density at radius 3 is 3.18 bits per heavy atom. The van der Waals surface area contributed by atoms with Gasteiger partial charge in [-0.1, -0.05) is 0 Å². The number of nitrogens with zero attached hydrogens (tertiary/aromatic N) is 2. The van der Waals surface area contributed by atoms with Gasteiger partial charge in [0.25, 0.3) is 0 Å². The molecule has 0 aromatic carbocycles. The molecule has 1 aromatic heterocycles. The average Bonchev–Trinajstić information content (AvgIpc) is 2.60. The van der Waals surface area contributed by atoms with Crippen LogP contribution in [-0.4, -0.2) is 33.5 Å². The summed E-state index contributed by atoms with van der Waals surface area (Å²) in [6, 6.07) is 1.41. The second kappa shape index (κ2) is 4.78. The van der Waals surface area contributed by atoms with Crippen molar-refractivity contribution in [3.05, 3.63) is 22.7 Å². The predicted molar refractivity (Wildman–Crippen MR) is 54.5 cm³/mol. The van der Waals surface area contributed by atoms with Crippen LogP contribution < -0.4 is 11.4 Å². The number of nitrogen functional groups attached to an aromatic ring is 1. The van der Waals surface area contributed by atoms with E-state index in [1.54, 1.807) is 0 Å². The van der Waals surface area contributed by atoms with Crippen LogP contribution >= 0.6 is 0 Å². The Hall–Kier alpha value is -1.51. The van der Waals surface area contributed by atoms with E-state index in [1.807, 2.05) is 0 Å². The Labute approximate surface area is 95.5 Å². The van der Waals surface area contributed by atoms with E-state index in [-0.39, 0.29) is 18.8 Å². The number of halogens is 1. The fraction of sp³-hybridized carbons (Fsp3) is 0.556. The fourth-order valence-corrected chi connectivity index (χ4v) is 1.78. The second-order valence-corrected chi connectivity index (χ2v) is 3.77. The minimum absolute atomic E-state index is 0.0855. The van der Waals surface area contributed by atoms with Crippen molar-refractivity contribution in [1.82, 2.24) is 9.55 Å². The Bertz CT molecular complexity index is 452. The third kappa shape index (κ3) is 2.43. The summed E-state index contributed by atoms with van der Waals surface area (Å²) >= 11 is 0. The highest BCUT2D eigenvalue weighted by atomic mass is 19.3. The van der Waals surface area contributed by atoms with Crippen molar-refractivity contribution < 1.29 is 19.3 Å². The molecule has 3 atom stereocenters. The van der Waals surface area contributed by atoms with Crippen LogP contribution in [-0.2, 0) is 9.68 Å². The van der Waals surface area contributed by atoms with E-state index in [1.165, 1.54) is 12.3 Å². The van der Waals surface area contributed by atoms with Crippen LogP contribution in [0, 0.1) is 0 Å². The Balaban J connectivity index is 2.20. The van der Waals surface area contributed by atoms with Crippen molar-refractivity contribution in [3.8, 4) is 0 Å². The topological polar surface area (TPSA) is 99.6 Å². The Kier molecular flexibility index (Phi) is 3.36. The lowest BCUT2D eigenvalue weighted by atomic mass is 10.2. The molecule has 1 saturated heterocycles. The molecule has 94 valence electrons. The number of hydrogen-bond acceptors (Lipinski definition) is 6. The zero-order chi connectivity index (χ0) is 12.4. The second-order valence-electron chi connectivity index (χ2n) is 3.77. The molecule has 2 heterocycles. The summed E-state index contributed by atoms with van der Waals surface area (Å²) in [5, 5.41) is 9.71. The van der Waals surface area contributed by atoms with Gasteiger partial charge in [-0.05, 0) is 10.6 Å². The van der Waals surface area contributed by atoms with Crippen LogP contribution in [0.4, 0.5) is 10.3 Å². The van der Waals surface area contributed by atoms with Crippen molar-refractivity contribution in [2.75, 3.05) is 12.3 Å². The first-order valence-corrected chi connectivity index (χ1v) is 5.03. The van der Waals surface area contributed by atoms with Crippen LogP contribution in [0.15, 0.2) is 17.1 Å². The monoisotopic (exact) mass is 245 g/mol. The summed E-state index contributed by atoms with van der Waals surface area (Å²) in [7, 11) is 0. The molecule has 0 unspecified atom stereocenters. The van der Waals surface area contributed by atoms with Gasteiger partial charge in [0.05, 0.1) is 6.10 Å². The molecule has 0 amide bonds. The van der Waals surface area contributed by atoms with E-state index in [2.05, 4.69) is 9.93 Å². The highest BCUT2D eigenvalue weighted by Crippen LogP contribution is 2.27. The Morgan fingerprint density at radius 2 is 2.53 bits per heavy atom. The van der Waals surface area contributed by atoms with Gasteiger partial charge in [0.1, 0.15) is 18.5 Å². The first-order valence-electron chi connectivity index (χ1n) is 5.03. The van der Waals surface area contributed by atoms with E-state index in [9.17, 15) is 14.4 Å². The van der Waals surface area contributed by atoms with Crippen molar-refractivity contribution >= 4 is 5.82 Å². The van der Waals surface area contributed by atoms with Crippen molar-refractivity contribution in [1.29, 1.82) is 0 Å². The van der Waals surface area contributed by atoms with E-state index in [4.69, 9.17) is 10.5 Å². The molecule has 1 aliphatic rings. The number of nitrogens with two attached hydrogens (primary N) is 1. The molecule has 0 bridgehead atoms. The van der Waals surface area contributed by atoms with Crippen LogP contribution in [0.1, 0.15) is 12.6 Å². The number of aromatic nitrogens is 2. The van der Waals surface area contributed by atoms with Crippen molar-refractivity contribution in [2.24, 2.45) is 0 Å². The van der Waals surface area contributed by atoms with E-state index in [0.717, 1.165) is 4.57 Å². The maximum absolute atomic E-state index is 11.7. The molecule has 1 aromatic rings. The average molecular weight is 245 g/mol. The number of rotatable bonds is 3. The van der Waals surface area contributed by atoms with Crippen LogP contribution in [0.5, 0.6) is 0 Å². The van der Waals surface area contributed by atoms with Gasteiger partial charge in [0.2, 0.25) is 0 Å². The lowest BCUT2D eigenvalue weighted by molar-refractivity contribution is -0.169. The Morgan fingerprint density at radius 1 is 1.76 bits per heavy atom. The minimum atomic E-state index is -0.918. The number of aliphatic hydroxyl groups excluding tert-OH is 1. The minimum Gasteiger partial charge on any atom is -0.388 e. The molecule has 7 nitrogen and oxygen atoms in total. The standard InChI is InChI=1S/C9H12FN3O4/c10-16-4-5-3-6(14)8(17-5)13-2-1-7(11)12-9(13)15/h1-2,5-6,8,14H,3-4H2,(H2,11,12,15)/t5-,6-,8+/m0/s1. The number of anilines is 1. The van der Waals surface area contributed by atoms with Crippen LogP contribution in [0.2, 0.25) is 0 Å². The van der Waals surface area contributed by atoms with Gasteiger partial charge < -0.3 is 15.6 Å². The summed E-state index contributed by atoms with van der Waals surface area (Å²) in [5.74, 6) is 0.0855. The smallest absolute Gasteiger partial charge is 0.351 e. The molecule has 1 fully saturated rings. The maximum atomic E-state index is 11.7. The summed E-state index contributed by atoms with van der Waals surface area (Å²) in [6.45, 7) is -0.287. The SMILES string of the molecule is Nc1ccn([C@@H]2O[C@H](COF)C[C@@H]2O)c(=O)n1. The van der Waals surface area contributed by atoms with Gasteiger partial charge in [0.15, 0.2) is 6.23 Å². The largest absolute Gasteiger partial charge is 0.388 e. The molecule has 1 aliphatic heterocycles. The quantitative estimate of drug-likeness (QED) is 0.735. The third-order valence-corrected chi connectivity index (χ3v) is 2.54. The van der Waals surface area contributed by atoms with Gasteiger partial charge in [-0.2, -0.15) is 9.93 Å². The predicted octanol–water partition coefficient (Wildman–Crippen LogP) is -0.625. The fourth-order valence-electron chi connectivity index (χ4n) is 1.78. The highest BCUT2D eigenvalue weighted by molar-refractivity contribution is 5.23. The molecule has 2 rings (SSSR count). The maximum Gasteiger partial charge on any atom is 0.351 e. The van der Waals surface area contributed by atoms with Gasteiger partial charge >= 0.3 is 5.69 Å². The molecular weight excluding hydrogens is 233 g/mol. The number of hydrogen-bond donors (Lipinski definition) is 2. The van der Waals surface area contributed by atoms with Crippen LogP contribution in [0.3, 0.4) is 0 Å². The zero-order valence-electron chi connectivity index (χ0n) is 8.82.